The highest BCUT2D eigenvalue weighted by atomic mass is 35.5. The molecule has 1 heterocycles. The third kappa shape index (κ3) is 2.69. The molecule has 0 aliphatic heterocycles. The van der Waals surface area contributed by atoms with Crippen molar-refractivity contribution in [3.8, 4) is 0 Å². The minimum atomic E-state index is 0.0765. The van der Waals surface area contributed by atoms with Crippen LogP contribution < -0.4 is 0 Å². The Morgan fingerprint density at radius 2 is 2.12 bits per heavy atom. The molecule has 1 fully saturated rings. The summed E-state index contributed by atoms with van der Waals surface area (Å²) in [6, 6.07) is 1.71. The summed E-state index contributed by atoms with van der Waals surface area (Å²) in [6.45, 7) is 4.35. The van der Waals surface area contributed by atoms with Gasteiger partial charge in [-0.25, -0.2) is 0 Å². The first kappa shape index (κ1) is 13.4. The molecule has 1 atom stereocenters. The van der Waals surface area contributed by atoms with Gasteiger partial charge in [-0.05, 0) is 24.3 Å². The van der Waals surface area contributed by atoms with Crippen LogP contribution in [0.5, 0.6) is 0 Å². The molecule has 0 aromatic carbocycles. The fourth-order valence-electron chi connectivity index (χ4n) is 2.68. The number of hydrogen-bond acceptors (Lipinski definition) is 2. The summed E-state index contributed by atoms with van der Waals surface area (Å²) in [5, 5.41) is 0. The first-order chi connectivity index (χ1) is 7.92. The van der Waals surface area contributed by atoms with Crippen LogP contribution >= 0.6 is 34.5 Å². The van der Waals surface area contributed by atoms with E-state index in [1.807, 2.05) is 0 Å². The van der Waals surface area contributed by atoms with Crippen molar-refractivity contribution in [3.05, 3.63) is 20.3 Å². The number of Topliss-reactive ketones (excluding diaryl/α,β-unsaturated/α-hetero) is 1. The quantitative estimate of drug-likeness (QED) is 0.662. The maximum absolute atomic E-state index is 12.5. The second-order valence-electron chi connectivity index (χ2n) is 5.39. The van der Waals surface area contributed by atoms with Crippen LogP contribution in [-0.2, 0) is 0 Å². The van der Waals surface area contributed by atoms with Gasteiger partial charge in [0.1, 0.15) is 4.34 Å². The van der Waals surface area contributed by atoms with Crippen LogP contribution in [0.3, 0.4) is 0 Å². The monoisotopic (exact) mass is 290 g/mol. The van der Waals surface area contributed by atoms with Crippen molar-refractivity contribution >= 4 is 40.3 Å². The Labute approximate surface area is 116 Å². The largest absolute Gasteiger partial charge is 0.294 e. The Bertz CT molecular complexity index is 437. The van der Waals surface area contributed by atoms with E-state index in [4.69, 9.17) is 23.2 Å². The average Bonchev–Trinajstić information content (AvgIpc) is 2.56. The molecule has 0 amide bonds. The van der Waals surface area contributed by atoms with Gasteiger partial charge in [-0.2, -0.15) is 0 Å². The zero-order valence-corrected chi connectivity index (χ0v) is 12.4. The van der Waals surface area contributed by atoms with E-state index in [-0.39, 0.29) is 17.1 Å². The summed E-state index contributed by atoms with van der Waals surface area (Å²) in [7, 11) is 0. The summed E-state index contributed by atoms with van der Waals surface area (Å²) in [5.41, 5.74) is 0.689. The average molecular weight is 291 g/mol. The van der Waals surface area contributed by atoms with E-state index < -0.39 is 0 Å². The van der Waals surface area contributed by atoms with Crippen LogP contribution in [-0.4, -0.2) is 5.78 Å². The van der Waals surface area contributed by atoms with E-state index in [9.17, 15) is 4.79 Å². The van der Waals surface area contributed by atoms with Gasteiger partial charge in [0, 0.05) is 11.5 Å². The van der Waals surface area contributed by atoms with Crippen molar-refractivity contribution in [2.45, 2.75) is 39.5 Å². The number of carbonyl (C=O) groups is 1. The van der Waals surface area contributed by atoms with Crippen LogP contribution in [0.25, 0.3) is 0 Å². The van der Waals surface area contributed by atoms with Crippen LogP contribution in [0.2, 0.25) is 8.67 Å². The van der Waals surface area contributed by atoms with Crippen molar-refractivity contribution in [2.75, 3.05) is 0 Å². The Balaban J connectivity index is 2.28. The number of ketones is 1. The summed E-state index contributed by atoms with van der Waals surface area (Å²) in [4.78, 5) is 12.5. The van der Waals surface area contributed by atoms with Gasteiger partial charge in [-0.3, -0.25) is 4.79 Å². The normalized spacial score (nSPS) is 23.6. The molecule has 1 aromatic heterocycles. The van der Waals surface area contributed by atoms with Crippen LogP contribution in [0, 0.1) is 11.3 Å². The van der Waals surface area contributed by atoms with E-state index >= 15 is 0 Å². The Morgan fingerprint density at radius 1 is 1.41 bits per heavy atom. The molecule has 4 heteroatoms. The molecule has 0 saturated heterocycles. The summed E-state index contributed by atoms with van der Waals surface area (Å²) < 4.78 is 1.12. The highest BCUT2D eigenvalue weighted by Crippen LogP contribution is 2.44. The van der Waals surface area contributed by atoms with Crippen molar-refractivity contribution in [1.29, 1.82) is 0 Å². The van der Waals surface area contributed by atoms with Crippen LogP contribution in [0.4, 0.5) is 0 Å². The summed E-state index contributed by atoms with van der Waals surface area (Å²) in [6.07, 6.45) is 4.43. The SMILES string of the molecule is CC1(C)CCCCC1C(=O)c1cc(Cl)sc1Cl. The Hall–Kier alpha value is -0.0500. The van der Waals surface area contributed by atoms with Gasteiger partial charge >= 0.3 is 0 Å². The standard InChI is InChI=1S/C13H16Cl2OS/c1-13(2)6-4-3-5-9(13)11(16)8-7-10(14)17-12(8)15/h7,9H,3-6H2,1-2H3. The van der Waals surface area contributed by atoms with E-state index in [1.54, 1.807) is 6.07 Å². The lowest BCUT2D eigenvalue weighted by molar-refractivity contribution is 0.0698. The van der Waals surface area contributed by atoms with Crippen LogP contribution in [0.1, 0.15) is 49.9 Å². The molecule has 0 N–H and O–H groups in total. The van der Waals surface area contributed by atoms with Gasteiger partial charge in [0.05, 0.1) is 4.34 Å². The molecule has 1 saturated carbocycles. The van der Waals surface area contributed by atoms with Gasteiger partial charge in [0.15, 0.2) is 5.78 Å². The Kier molecular flexibility index (Phi) is 3.86. The smallest absolute Gasteiger partial charge is 0.168 e. The molecule has 0 radical (unpaired) electrons. The van der Waals surface area contributed by atoms with E-state index in [0.717, 1.165) is 19.3 Å². The van der Waals surface area contributed by atoms with E-state index in [2.05, 4.69) is 13.8 Å². The van der Waals surface area contributed by atoms with Gasteiger partial charge in [-0.15, -0.1) is 11.3 Å². The van der Waals surface area contributed by atoms with Gasteiger partial charge < -0.3 is 0 Å². The number of carbonyl (C=O) groups excluding carboxylic acids is 1. The topological polar surface area (TPSA) is 17.1 Å². The lowest BCUT2D eigenvalue weighted by Gasteiger charge is -2.37. The third-order valence-corrected chi connectivity index (χ3v) is 5.23. The predicted molar refractivity (Wildman–Crippen MR) is 74.4 cm³/mol. The Morgan fingerprint density at radius 3 is 2.65 bits per heavy atom. The molecule has 0 bridgehead atoms. The van der Waals surface area contributed by atoms with Gasteiger partial charge in [0.25, 0.3) is 0 Å². The zero-order valence-electron chi connectivity index (χ0n) is 10.1. The fourth-order valence-corrected chi connectivity index (χ4v) is 4.15. The molecule has 1 nitrogen and oxygen atoms in total. The number of rotatable bonds is 2. The highest BCUT2D eigenvalue weighted by Gasteiger charge is 2.38. The van der Waals surface area contributed by atoms with Crippen LogP contribution in [0.15, 0.2) is 6.07 Å². The number of halogens is 2. The first-order valence-corrected chi connectivity index (χ1v) is 7.48. The van der Waals surface area contributed by atoms with Crippen molar-refractivity contribution in [2.24, 2.45) is 11.3 Å². The molecule has 1 aliphatic rings. The van der Waals surface area contributed by atoms with Crippen molar-refractivity contribution < 1.29 is 4.79 Å². The molecule has 2 rings (SSSR count). The lowest BCUT2D eigenvalue weighted by Crippen LogP contribution is -2.34. The van der Waals surface area contributed by atoms with Gasteiger partial charge in [-0.1, -0.05) is 49.9 Å². The molecule has 94 valence electrons. The predicted octanol–water partition coefficient (Wildman–Crippen LogP) is 5.45. The number of hydrogen-bond donors (Lipinski definition) is 0. The van der Waals surface area contributed by atoms with Gasteiger partial charge in [0.2, 0.25) is 0 Å². The molecule has 1 aliphatic carbocycles. The zero-order chi connectivity index (χ0) is 12.6. The summed E-state index contributed by atoms with van der Waals surface area (Å²) >= 11 is 13.2. The van der Waals surface area contributed by atoms with E-state index in [0.29, 0.717) is 14.2 Å². The molecule has 0 spiro atoms. The first-order valence-electron chi connectivity index (χ1n) is 5.91. The molecule has 1 unspecified atom stereocenters. The maximum atomic E-state index is 12.5. The van der Waals surface area contributed by atoms with Crippen molar-refractivity contribution in [1.82, 2.24) is 0 Å². The fraction of sp³-hybridized carbons (Fsp3) is 0.615. The third-order valence-electron chi connectivity index (χ3n) is 3.75. The molecule has 1 aromatic rings. The lowest BCUT2D eigenvalue weighted by atomic mass is 9.66. The number of thiophene rings is 1. The maximum Gasteiger partial charge on any atom is 0.168 e. The summed E-state index contributed by atoms with van der Waals surface area (Å²) in [5.74, 6) is 0.252. The second-order valence-corrected chi connectivity index (χ2v) is 7.67. The van der Waals surface area contributed by atoms with Crippen molar-refractivity contribution in [3.63, 3.8) is 0 Å². The minimum absolute atomic E-state index is 0.0765. The molecular formula is C13H16Cl2OS. The van der Waals surface area contributed by atoms with E-state index in [1.165, 1.54) is 17.8 Å². The molecule has 17 heavy (non-hydrogen) atoms. The molecular weight excluding hydrogens is 275 g/mol. The second kappa shape index (κ2) is 4.91. The highest BCUT2D eigenvalue weighted by molar-refractivity contribution is 7.20. The minimum Gasteiger partial charge on any atom is -0.294 e.